The molecule has 1 fully saturated rings. The van der Waals surface area contributed by atoms with Crippen LogP contribution in [0.5, 0.6) is 23.0 Å². The summed E-state index contributed by atoms with van der Waals surface area (Å²) in [6, 6.07) is 0. The molecule has 0 saturated carbocycles. The molecular weight excluding hydrogens is 957 g/mol. The van der Waals surface area contributed by atoms with Crippen LogP contribution < -0.4 is 10.1 Å². The number of rotatable bonds is 14. The molecular formula is C55H74N4O15. The van der Waals surface area contributed by atoms with Crippen molar-refractivity contribution in [3.05, 3.63) is 65.2 Å². The average molecular weight is 1030 g/mol. The Morgan fingerprint density at radius 1 is 0.932 bits per heavy atom. The van der Waals surface area contributed by atoms with Gasteiger partial charge in [0, 0.05) is 99.1 Å². The predicted molar refractivity (Wildman–Crippen MR) is 277 cm³/mol. The number of nitrogens with zero attached hydrogens (tertiary/aromatic N) is 3. The number of hydrazone groups is 1. The van der Waals surface area contributed by atoms with Crippen molar-refractivity contribution in [1.29, 1.82) is 0 Å². The monoisotopic (exact) mass is 1030 g/mol. The number of piperazine rings is 1. The number of carbonyl (C=O) groups is 6. The van der Waals surface area contributed by atoms with E-state index in [0.29, 0.717) is 51.1 Å². The third-order valence-corrected chi connectivity index (χ3v) is 14.8. The Balaban J connectivity index is 1.49. The molecule has 6 rings (SSSR count). The summed E-state index contributed by atoms with van der Waals surface area (Å²) in [5.74, 6) is -9.55. The van der Waals surface area contributed by atoms with Crippen molar-refractivity contribution in [1.82, 2.24) is 9.91 Å². The Kier molecular flexibility index (Phi) is 19.1. The zero-order valence-corrected chi connectivity index (χ0v) is 44.3. The number of esters is 1. The summed E-state index contributed by atoms with van der Waals surface area (Å²) in [6.45, 7) is 24.7. The van der Waals surface area contributed by atoms with Crippen LogP contribution >= 0.6 is 0 Å². The molecule has 0 unspecified atom stereocenters. The molecule has 2 aromatic carbocycles. The van der Waals surface area contributed by atoms with E-state index >= 15 is 0 Å². The van der Waals surface area contributed by atoms with E-state index in [2.05, 4.69) is 21.9 Å². The van der Waals surface area contributed by atoms with Crippen LogP contribution in [0.2, 0.25) is 0 Å². The van der Waals surface area contributed by atoms with E-state index < -0.39 is 94.0 Å². The maximum absolute atomic E-state index is 14.6. The molecule has 19 nitrogen and oxygen atoms in total. The number of anilines is 1. The second kappa shape index (κ2) is 24.2. The van der Waals surface area contributed by atoms with Gasteiger partial charge in [0.2, 0.25) is 0 Å². The number of allylic oxidation sites excluding steroid dienone is 4. The summed E-state index contributed by atoms with van der Waals surface area (Å²) < 4.78 is 23.9. The molecule has 4 aliphatic rings. The van der Waals surface area contributed by atoms with Gasteiger partial charge in [-0.3, -0.25) is 29.1 Å². The zero-order chi connectivity index (χ0) is 55.1. The molecule has 1 saturated heterocycles. The lowest BCUT2D eigenvalue weighted by molar-refractivity contribution is -0.158. The summed E-state index contributed by atoms with van der Waals surface area (Å²) in [5.41, 5.74) is -1.29. The first-order valence-corrected chi connectivity index (χ1v) is 25.0. The van der Waals surface area contributed by atoms with Crippen molar-refractivity contribution in [2.75, 3.05) is 44.6 Å². The lowest BCUT2D eigenvalue weighted by Gasteiger charge is -2.37. The van der Waals surface area contributed by atoms with E-state index in [1.807, 2.05) is 13.8 Å². The van der Waals surface area contributed by atoms with Crippen molar-refractivity contribution in [3.63, 3.8) is 0 Å². The second-order valence-electron chi connectivity index (χ2n) is 20.8. The zero-order valence-electron chi connectivity index (χ0n) is 44.3. The number of ketones is 2. The van der Waals surface area contributed by atoms with E-state index in [1.165, 1.54) is 46.2 Å². The summed E-state index contributed by atoms with van der Waals surface area (Å²) in [7, 11) is 0. The summed E-state index contributed by atoms with van der Waals surface area (Å²) in [6.07, 6.45) is 6.66. The number of ether oxygens (including phenoxy) is 4. The fourth-order valence-electron chi connectivity index (χ4n) is 9.50. The largest absolute Gasteiger partial charge is 0.507 e. The average Bonchev–Trinajstić information content (AvgIpc) is 3.62. The van der Waals surface area contributed by atoms with Crippen LogP contribution in [0.25, 0.3) is 10.8 Å². The molecule has 19 heteroatoms. The molecule has 0 radical (unpaired) electrons. The Labute approximate surface area is 432 Å². The molecule has 4 aliphatic heterocycles. The topological polar surface area (TPSA) is 271 Å². The lowest BCUT2D eigenvalue weighted by atomic mass is 9.77. The third kappa shape index (κ3) is 12.8. The van der Waals surface area contributed by atoms with Gasteiger partial charge in [0.15, 0.2) is 5.75 Å². The number of amides is 1. The highest BCUT2D eigenvalue weighted by molar-refractivity contribution is 6.24. The molecule has 1 amide bonds. The van der Waals surface area contributed by atoms with Gasteiger partial charge in [0.25, 0.3) is 11.7 Å². The van der Waals surface area contributed by atoms with Crippen molar-refractivity contribution < 1.29 is 73.2 Å². The number of Topliss-reactive ketones (excluding diaryl/α,β-unsaturated/α-hetero) is 2. The Morgan fingerprint density at radius 2 is 1.58 bits per heavy atom. The SMILES string of the molecule is C=C(OCCN1CCN(/N=C\c2c3c(O)c4c(O)c(C)c5c(c4c2O)C(=O)[C@@](C)(O/C=C/[C@H](C)[C@@H](C)[C@@H](OC(C)=O)[C@H](C)[C@H](O)[C@H](C)[C@@H](O)[C@@H](C)/C=C/C=C(/C)C(=O)N3)O5)CC1)C(C)(C)CC(=O)CC(C=O)C=O. The first-order chi connectivity index (χ1) is 34.7. The van der Waals surface area contributed by atoms with Crippen LogP contribution in [0.1, 0.15) is 104 Å². The summed E-state index contributed by atoms with van der Waals surface area (Å²) in [5, 5.41) is 67.5. The minimum absolute atomic E-state index is 0.0350. The summed E-state index contributed by atoms with van der Waals surface area (Å²) >= 11 is 0. The molecule has 2 aromatic rings. The quantitative estimate of drug-likeness (QED) is 0.0232. The van der Waals surface area contributed by atoms with Gasteiger partial charge in [-0.15, -0.1) is 0 Å². The van der Waals surface area contributed by atoms with Crippen molar-refractivity contribution in [2.24, 2.45) is 46.0 Å². The highest BCUT2D eigenvalue weighted by Crippen LogP contribution is 2.55. The first kappa shape index (κ1) is 58.3. The Hall–Kier alpha value is -6.57. The number of nitrogens with one attached hydrogen (secondary N) is 1. The van der Waals surface area contributed by atoms with Gasteiger partial charge in [-0.25, -0.2) is 0 Å². The van der Waals surface area contributed by atoms with Gasteiger partial charge in [-0.1, -0.05) is 73.3 Å². The number of fused-ring (bicyclic) bond motifs is 14. The van der Waals surface area contributed by atoms with Gasteiger partial charge >= 0.3 is 11.8 Å². The molecule has 0 spiro atoms. The first-order valence-electron chi connectivity index (χ1n) is 25.0. The van der Waals surface area contributed by atoms with E-state index in [1.54, 1.807) is 57.9 Å². The highest BCUT2D eigenvalue weighted by atomic mass is 16.7. The normalized spacial score (nSPS) is 28.0. The molecule has 0 aliphatic carbocycles. The maximum Gasteiger partial charge on any atom is 0.312 e. The van der Waals surface area contributed by atoms with Gasteiger partial charge in [0.05, 0.1) is 58.6 Å². The molecule has 0 aromatic heterocycles. The van der Waals surface area contributed by atoms with Crippen LogP contribution in [-0.2, 0) is 38.2 Å². The van der Waals surface area contributed by atoms with Crippen molar-refractivity contribution >= 4 is 58.7 Å². The number of aliphatic hydroxyl groups excluding tert-OH is 2. The number of aromatic hydroxyl groups is 3. The fourth-order valence-corrected chi connectivity index (χ4v) is 9.50. The number of phenols is 3. The van der Waals surface area contributed by atoms with E-state index in [4.69, 9.17) is 18.9 Å². The Morgan fingerprint density at radius 3 is 2.20 bits per heavy atom. The molecule has 5 bridgehead atoms. The molecule has 74 heavy (non-hydrogen) atoms. The standard InChI is InChI=1S/C55H74N4O15/c1-29-16-22-72-55(12)52(69)43-41-42(47(66)35(7)51(43)74-55)49(68)44(57-53(70)31(3)15-13-14-30(2)45(64)33(5)46(65)34(6)50(32(29)4)73-37(9)62)40(48(41)67)26-56-59-19-17-58(18-20-59)21-23-71-36(8)54(10,11)25-39(63)24-38(27-60)28-61/h13-16,22,26-30,32-34,38,45-46,50,64-68H,8,17-21,23-25H2,1-7,9-12H3,(H,57,70)/b14-13+,22-16+,31-15-,56-26-/t29-,30-,32+,33+,34+,45-,46+,50+,55-/m0/s1. The minimum Gasteiger partial charge on any atom is -0.507 e. The van der Waals surface area contributed by atoms with Crippen LogP contribution in [-0.4, -0.2) is 141 Å². The molecule has 9 atom stereocenters. The number of benzene rings is 2. The highest BCUT2D eigenvalue weighted by Gasteiger charge is 2.50. The van der Waals surface area contributed by atoms with Gasteiger partial charge < -0.3 is 59.4 Å². The minimum atomic E-state index is -2.05. The fraction of sp³-hybridized carbons (Fsp3) is 0.545. The van der Waals surface area contributed by atoms with Gasteiger partial charge in [0.1, 0.15) is 48.3 Å². The number of phenolic OH excluding ortho intramolecular Hbond substituents is 3. The molecule has 4 heterocycles. The van der Waals surface area contributed by atoms with Gasteiger partial charge in [-0.05, 0) is 31.8 Å². The second-order valence-corrected chi connectivity index (χ2v) is 20.8. The van der Waals surface area contributed by atoms with E-state index in [-0.39, 0.29) is 75.6 Å². The number of carbonyl (C=O) groups excluding carboxylic acids is 6. The van der Waals surface area contributed by atoms with Crippen LogP contribution in [0.3, 0.4) is 0 Å². The van der Waals surface area contributed by atoms with E-state index in [0.717, 1.165) is 0 Å². The van der Waals surface area contributed by atoms with E-state index in [9.17, 15) is 54.3 Å². The maximum atomic E-state index is 14.6. The summed E-state index contributed by atoms with van der Waals surface area (Å²) in [4.78, 5) is 77.7. The number of aldehydes is 2. The number of hydrogen-bond donors (Lipinski definition) is 6. The van der Waals surface area contributed by atoms with Crippen LogP contribution in [0.15, 0.2) is 53.6 Å². The third-order valence-electron chi connectivity index (χ3n) is 14.8. The molecule has 6 N–H and O–H groups in total. The van der Waals surface area contributed by atoms with Crippen molar-refractivity contribution in [3.8, 4) is 23.0 Å². The van der Waals surface area contributed by atoms with Crippen molar-refractivity contribution in [2.45, 2.75) is 113 Å². The molecule has 404 valence electrons. The predicted octanol–water partition coefficient (Wildman–Crippen LogP) is 6.25. The Bertz CT molecular complexity index is 2600. The smallest absolute Gasteiger partial charge is 0.312 e. The number of hydrogen-bond acceptors (Lipinski definition) is 18. The van der Waals surface area contributed by atoms with Crippen LogP contribution in [0.4, 0.5) is 5.69 Å². The lowest BCUT2D eigenvalue weighted by Crippen LogP contribution is -2.45. The van der Waals surface area contributed by atoms with Crippen LogP contribution in [0, 0.1) is 47.8 Å². The van der Waals surface area contributed by atoms with Gasteiger partial charge in [-0.2, -0.15) is 5.10 Å². The number of aliphatic hydroxyl groups is 2.